The Balaban J connectivity index is 1.25. The van der Waals surface area contributed by atoms with Crippen molar-refractivity contribution in [2.45, 2.75) is 65.0 Å². The number of aromatic nitrogens is 4. The molecule has 0 saturated carbocycles. The lowest BCUT2D eigenvalue weighted by molar-refractivity contribution is 0.251. The van der Waals surface area contributed by atoms with Gasteiger partial charge < -0.3 is 4.74 Å². The molecule has 0 spiro atoms. The van der Waals surface area contributed by atoms with E-state index in [1.807, 2.05) is 50.4 Å². The molecule has 0 N–H and O–H groups in total. The molecule has 0 amide bonds. The second-order valence-corrected chi connectivity index (χ2v) is 11.9. The van der Waals surface area contributed by atoms with Crippen LogP contribution in [0.25, 0.3) is 33.3 Å². The van der Waals surface area contributed by atoms with Crippen LogP contribution in [-0.2, 0) is 6.42 Å². The summed E-state index contributed by atoms with van der Waals surface area (Å²) in [6.45, 7) is 5.89. The van der Waals surface area contributed by atoms with Crippen molar-refractivity contribution in [3.05, 3.63) is 119 Å². The lowest BCUT2D eigenvalue weighted by atomic mass is 9.85. The number of alkyl halides is 1. The lowest BCUT2D eigenvalue weighted by Gasteiger charge is -2.24. The van der Waals surface area contributed by atoms with Crippen molar-refractivity contribution in [3.8, 4) is 23.0 Å². The van der Waals surface area contributed by atoms with Gasteiger partial charge >= 0.3 is 0 Å². The maximum Gasteiger partial charge on any atom is 0.137 e. The largest absolute Gasteiger partial charge is 0.457 e. The average molecular weight is 603 g/mol. The highest BCUT2D eigenvalue weighted by molar-refractivity contribution is 6.09. The molecule has 0 radical (unpaired) electrons. The van der Waals surface area contributed by atoms with Crippen LogP contribution in [0.1, 0.15) is 61.0 Å². The summed E-state index contributed by atoms with van der Waals surface area (Å²) in [6.07, 6.45) is 6.16. The number of aryl methyl sites for hydroxylation is 2. The van der Waals surface area contributed by atoms with E-state index < -0.39 is 17.9 Å². The molecule has 1 unspecified atom stereocenters. The average Bonchev–Trinajstić information content (AvgIpc) is 3.53. The topological polar surface area (TPSA) is 44.9 Å². The van der Waals surface area contributed by atoms with E-state index in [2.05, 4.69) is 60.0 Å². The summed E-state index contributed by atoms with van der Waals surface area (Å²) in [4.78, 5) is 4.77. The molecule has 45 heavy (non-hydrogen) atoms. The zero-order valence-corrected chi connectivity index (χ0v) is 25.8. The van der Waals surface area contributed by atoms with Crippen LogP contribution in [-0.4, -0.2) is 25.5 Å². The Bertz CT molecular complexity index is 2060. The molecule has 0 fully saturated rings. The minimum Gasteiger partial charge on any atom is -0.457 e. The van der Waals surface area contributed by atoms with Gasteiger partial charge in [0.25, 0.3) is 0 Å². The van der Waals surface area contributed by atoms with Crippen molar-refractivity contribution in [1.82, 2.24) is 19.3 Å². The number of para-hydroxylation sites is 1. The summed E-state index contributed by atoms with van der Waals surface area (Å²) < 4.78 is 40.1. The highest BCUT2D eigenvalue weighted by atomic mass is 19.1. The molecule has 3 aromatic carbocycles. The first-order chi connectivity index (χ1) is 21.9. The van der Waals surface area contributed by atoms with Gasteiger partial charge in [0.15, 0.2) is 0 Å². The van der Waals surface area contributed by atoms with Crippen molar-refractivity contribution in [3.63, 3.8) is 0 Å². The van der Waals surface area contributed by atoms with Gasteiger partial charge in [-0.3, -0.25) is 4.57 Å². The number of benzene rings is 3. The molecule has 3 aromatic heterocycles. The number of hydrogen-bond acceptors (Lipinski definition) is 3. The SMILES string of the molecule is CCCCc1ccnc(-n2c3ccccc3c3ccc(Oc4cccc(-n5nc(C)c(C6C(F)=CCC[C@@H]6F)c5C)c4)cc32)c1. The van der Waals surface area contributed by atoms with E-state index in [9.17, 15) is 8.78 Å². The minimum atomic E-state index is -1.26. The van der Waals surface area contributed by atoms with Crippen molar-refractivity contribution in [2.24, 2.45) is 0 Å². The highest BCUT2D eigenvalue weighted by Gasteiger charge is 2.34. The Kier molecular flexibility index (Phi) is 7.70. The Morgan fingerprint density at radius 1 is 0.911 bits per heavy atom. The van der Waals surface area contributed by atoms with Crippen molar-refractivity contribution < 1.29 is 13.5 Å². The summed E-state index contributed by atoms with van der Waals surface area (Å²) >= 11 is 0. The maximum absolute atomic E-state index is 14.9. The molecule has 0 saturated heterocycles. The van der Waals surface area contributed by atoms with Crippen LogP contribution in [0, 0.1) is 13.8 Å². The summed E-state index contributed by atoms with van der Waals surface area (Å²) in [5.41, 5.74) is 6.10. The van der Waals surface area contributed by atoms with Crippen LogP contribution in [0.4, 0.5) is 8.78 Å². The zero-order valence-electron chi connectivity index (χ0n) is 25.8. The predicted octanol–water partition coefficient (Wildman–Crippen LogP) is 10.2. The minimum absolute atomic E-state index is 0.315. The predicted molar refractivity (Wildman–Crippen MR) is 176 cm³/mol. The fourth-order valence-corrected chi connectivity index (χ4v) is 6.72. The first-order valence-corrected chi connectivity index (χ1v) is 15.8. The van der Waals surface area contributed by atoms with Gasteiger partial charge in [0, 0.05) is 40.4 Å². The second kappa shape index (κ2) is 12.0. The summed E-state index contributed by atoms with van der Waals surface area (Å²) in [6, 6.07) is 26.4. The molecule has 2 atom stereocenters. The van der Waals surface area contributed by atoms with Gasteiger partial charge in [-0.2, -0.15) is 5.10 Å². The number of pyridine rings is 1. The summed E-state index contributed by atoms with van der Waals surface area (Å²) in [5, 5.41) is 6.98. The normalized spacial score (nSPS) is 16.8. The molecule has 7 rings (SSSR count). The van der Waals surface area contributed by atoms with Gasteiger partial charge in [-0.15, -0.1) is 0 Å². The van der Waals surface area contributed by atoms with Crippen molar-refractivity contribution in [2.75, 3.05) is 0 Å². The Morgan fingerprint density at radius 2 is 1.73 bits per heavy atom. The molecule has 1 aliphatic rings. The number of halogens is 2. The van der Waals surface area contributed by atoms with Gasteiger partial charge in [0.2, 0.25) is 0 Å². The lowest BCUT2D eigenvalue weighted by Crippen LogP contribution is -2.19. The second-order valence-electron chi connectivity index (χ2n) is 11.9. The first-order valence-electron chi connectivity index (χ1n) is 15.8. The van der Waals surface area contributed by atoms with E-state index >= 15 is 0 Å². The molecule has 6 aromatic rings. The number of rotatable bonds is 8. The molecular formula is C38H36F2N4O. The zero-order chi connectivity index (χ0) is 31.1. The Morgan fingerprint density at radius 3 is 2.58 bits per heavy atom. The Labute approximate surface area is 261 Å². The van der Waals surface area contributed by atoms with Crippen LogP contribution in [0.15, 0.2) is 97.0 Å². The highest BCUT2D eigenvalue weighted by Crippen LogP contribution is 2.41. The summed E-state index contributed by atoms with van der Waals surface area (Å²) in [5.74, 6) is 0.888. The molecule has 1 aliphatic carbocycles. The van der Waals surface area contributed by atoms with Crippen molar-refractivity contribution in [1.29, 1.82) is 0 Å². The molecule has 3 heterocycles. The smallest absolute Gasteiger partial charge is 0.137 e. The third-order valence-electron chi connectivity index (χ3n) is 8.90. The van der Waals surface area contributed by atoms with Gasteiger partial charge in [-0.05, 0) is 87.6 Å². The number of ether oxygens (including phenoxy) is 1. The van der Waals surface area contributed by atoms with Crippen molar-refractivity contribution >= 4 is 21.8 Å². The Hall–Kier alpha value is -4.78. The van der Waals surface area contributed by atoms with E-state index in [4.69, 9.17) is 14.8 Å². The van der Waals surface area contributed by atoms with Gasteiger partial charge in [-0.1, -0.05) is 43.7 Å². The molecule has 0 bridgehead atoms. The molecule has 0 aliphatic heterocycles. The van der Waals surface area contributed by atoms with E-state index in [0.29, 0.717) is 35.6 Å². The molecule has 5 nitrogen and oxygen atoms in total. The standard InChI is InChI=1S/C38H36F2N4O/c1-4-5-10-26-19-20-41-36(21-26)43-34-16-7-6-13-30(34)31-18-17-29(23-35(31)43)45-28-12-8-11-27(22-28)44-25(3)37(24(2)42-44)38-32(39)14-9-15-33(38)40/h6-8,11-14,16-23,33,38H,4-5,9-10,15H2,1-3H3/t33-,38?/m0/s1. The number of hydrogen-bond donors (Lipinski definition) is 0. The van der Waals surface area contributed by atoms with E-state index in [1.54, 1.807) is 4.68 Å². The maximum atomic E-state index is 14.9. The van der Waals surface area contributed by atoms with Crippen LogP contribution in [0.5, 0.6) is 11.5 Å². The van der Waals surface area contributed by atoms with E-state index in [0.717, 1.165) is 58.3 Å². The third kappa shape index (κ3) is 5.30. The number of fused-ring (bicyclic) bond motifs is 3. The summed E-state index contributed by atoms with van der Waals surface area (Å²) in [7, 11) is 0. The molecule has 7 heteroatoms. The monoisotopic (exact) mass is 602 g/mol. The number of unbranched alkanes of at least 4 members (excludes halogenated alkanes) is 1. The van der Waals surface area contributed by atoms with E-state index in [1.165, 1.54) is 11.6 Å². The van der Waals surface area contributed by atoms with Crippen LogP contribution < -0.4 is 4.74 Å². The van der Waals surface area contributed by atoms with Gasteiger partial charge in [0.1, 0.15) is 29.3 Å². The van der Waals surface area contributed by atoms with Crippen LogP contribution >= 0.6 is 0 Å². The number of nitrogens with zero attached hydrogens (tertiary/aromatic N) is 4. The fraction of sp³-hybridized carbons (Fsp3) is 0.263. The van der Waals surface area contributed by atoms with Crippen LogP contribution in [0.3, 0.4) is 0 Å². The first kappa shape index (κ1) is 29.0. The number of allylic oxidation sites excluding steroid dienone is 2. The van der Waals surface area contributed by atoms with E-state index in [-0.39, 0.29) is 0 Å². The molecule has 228 valence electrons. The fourth-order valence-electron chi connectivity index (χ4n) is 6.72. The van der Waals surface area contributed by atoms with Gasteiger partial charge in [-0.25, -0.2) is 18.4 Å². The quantitative estimate of drug-likeness (QED) is 0.174. The third-order valence-corrected chi connectivity index (χ3v) is 8.90. The van der Waals surface area contributed by atoms with Gasteiger partial charge in [0.05, 0.1) is 28.3 Å². The molecular weight excluding hydrogens is 566 g/mol. The van der Waals surface area contributed by atoms with Crippen LogP contribution in [0.2, 0.25) is 0 Å².